The fraction of sp³-hybridized carbons (Fsp3) is 0.182. The minimum Gasteiger partial charge on any atom is -0.492 e. The molecule has 1 unspecified atom stereocenters. The zero-order chi connectivity index (χ0) is 11.0. The lowest BCUT2D eigenvalue weighted by molar-refractivity contribution is 0.339. The first-order valence-corrected chi connectivity index (χ1v) is 5.01. The quantitative estimate of drug-likeness (QED) is 0.765. The largest absolute Gasteiger partial charge is 0.492 e. The van der Waals surface area contributed by atoms with E-state index in [1.807, 2.05) is 24.3 Å². The maximum absolute atomic E-state index is 5.56. The molecular formula is C11H10N4O. The van der Waals surface area contributed by atoms with Gasteiger partial charge in [0.25, 0.3) is 0 Å². The molecular weight excluding hydrogens is 204 g/mol. The van der Waals surface area contributed by atoms with Crippen molar-refractivity contribution in [3.63, 3.8) is 0 Å². The van der Waals surface area contributed by atoms with Gasteiger partial charge in [-0.05, 0) is 6.07 Å². The topological polar surface area (TPSA) is 73.9 Å². The van der Waals surface area contributed by atoms with Crippen molar-refractivity contribution in [3.8, 4) is 5.75 Å². The van der Waals surface area contributed by atoms with Crippen LogP contribution in [0.3, 0.4) is 0 Å². The van der Waals surface area contributed by atoms with Crippen LogP contribution in [-0.2, 0) is 0 Å². The predicted octanol–water partition coefficient (Wildman–Crippen LogP) is 0.978. The van der Waals surface area contributed by atoms with E-state index in [0.29, 0.717) is 12.4 Å². The van der Waals surface area contributed by atoms with Crippen molar-refractivity contribution in [2.24, 2.45) is 0 Å². The maximum atomic E-state index is 5.56. The van der Waals surface area contributed by atoms with Gasteiger partial charge in [-0.2, -0.15) is 4.98 Å². The fourth-order valence-corrected chi connectivity index (χ4v) is 1.87. The summed E-state index contributed by atoms with van der Waals surface area (Å²) >= 11 is 0. The molecule has 80 valence electrons. The number of rotatable bonds is 1. The molecule has 0 fully saturated rings. The minimum atomic E-state index is 0.0569. The number of ether oxygens (including phenoxy) is 1. The molecule has 1 aliphatic rings. The Morgan fingerprint density at radius 2 is 2.12 bits per heavy atom. The van der Waals surface area contributed by atoms with E-state index in [2.05, 4.69) is 15.0 Å². The smallest absolute Gasteiger partial charge is 0.223 e. The molecule has 1 aliphatic heterocycles. The molecule has 1 aromatic heterocycles. The normalized spacial score (nSPS) is 17.9. The Morgan fingerprint density at radius 3 is 3.00 bits per heavy atom. The van der Waals surface area contributed by atoms with Crippen molar-refractivity contribution in [2.75, 3.05) is 12.3 Å². The predicted molar refractivity (Wildman–Crippen MR) is 58.0 cm³/mol. The summed E-state index contributed by atoms with van der Waals surface area (Å²) in [6.07, 6.45) is 1.43. The minimum absolute atomic E-state index is 0.0569. The van der Waals surface area contributed by atoms with Gasteiger partial charge in [0, 0.05) is 5.56 Å². The lowest BCUT2D eigenvalue weighted by Gasteiger charge is -2.06. The molecule has 16 heavy (non-hydrogen) atoms. The number of anilines is 1. The third kappa shape index (κ3) is 1.37. The average molecular weight is 214 g/mol. The van der Waals surface area contributed by atoms with Crippen LogP contribution in [0, 0.1) is 0 Å². The van der Waals surface area contributed by atoms with E-state index < -0.39 is 0 Å². The number of aromatic nitrogens is 3. The van der Waals surface area contributed by atoms with Gasteiger partial charge in [0.15, 0.2) is 0 Å². The third-order valence-corrected chi connectivity index (χ3v) is 2.62. The van der Waals surface area contributed by atoms with Crippen LogP contribution in [0.25, 0.3) is 0 Å². The molecule has 1 aromatic carbocycles. The molecule has 3 rings (SSSR count). The van der Waals surface area contributed by atoms with Crippen molar-refractivity contribution >= 4 is 5.95 Å². The van der Waals surface area contributed by atoms with Crippen molar-refractivity contribution < 1.29 is 4.74 Å². The summed E-state index contributed by atoms with van der Waals surface area (Å²) in [6, 6.07) is 7.89. The number of fused-ring (bicyclic) bond motifs is 1. The summed E-state index contributed by atoms with van der Waals surface area (Å²) in [5.74, 6) is 1.86. The monoisotopic (exact) mass is 214 g/mol. The van der Waals surface area contributed by atoms with Gasteiger partial charge in [0.2, 0.25) is 5.95 Å². The highest BCUT2D eigenvalue weighted by Gasteiger charge is 2.27. The maximum Gasteiger partial charge on any atom is 0.223 e. The molecule has 0 spiro atoms. The van der Waals surface area contributed by atoms with Crippen LogP contribution in [0.2, 0.25) is 0 Å². The molecule has 5 nitrogen and oxygen atoms in total. The first-order chi connectivity index (χ1) is 7.84. The van der Waals surface area contributed by atoms with Gasteiger partial charge in [-0.15, -0.1) is 0 Å². The Kier molecular flexibility index (Phi) is 1.96. The van der Waals surface area contributed by atoms with Crippen LogP contribution < -0.4 is 10.5 Å². The Morgan fingerprint density at radius 1 is 1.25 bits per heavy atom. The lowest BCUT2D eigenvalue weighted by atomic mass is 10.0. The molecule has 2 N–H and O–H groups in total. The SMILES string of the molecule is Nc1ncnc(C2COc3ccccc32)n1. The second-order valence-electron chi connectivity index (χ2n) is 3.60. The number of hydrogen-bond acceptors (Lipinski definition) is 5. The molecule has 5 heteroatoms. The number of benzene rings is 1. The highest BCUT2D eigenvalue weighted by atomic mass is 16.5. The molecule has 0 aliphatic carbocycles. The van der Waals surface area contributed by atoms with E-state index in [-0.39, 0.29) is 11.9 Å². The van der Waals surface area contributed by atoms with E-state index in [9.17, 15) is 0 Å². The number of nitrogen functional groups attached to an aromatic ring is 1. The third-order valence-electron chi connectivity index (χ3n) is 2.62. The molecule has 0 radical (unpaired) electrons. The van der Waals surface area contributed by atoms with Crippen molar-refractivity contribution in [1.82, 2.24) is 15.0 Å². The highest BCUT2D eigenvalue weighted by molar-refractivity contribution is 5.42. The second kappa shape index (κ2) is 3.44. The van der Waals surface area contributed by atoms with E-state index in [1.165, 1.54) is 6.33 Å². The number of hydrogen-bond donors (Lipinski definition) is 1. The standard InChI is InChI=1S/C11H10N4O/c12-11-14-6-13-10(15-11)8-5-16-9-4-2-1-3-7(8)9/h1-4,6,8H,5H2,(H2,12,13,14,15). The van der Waals surface area contributed by atoms with Crippen LogP contribution in [0.1, 0.15) is 17.3 Å². The van der Waals surface area contributed by atoms with Gasteiger partial charge >= 0.3 is 0 Å². The Labute approximate surface area is 92.3 Å². The Bertz CT molecular complexity index is 529. The number of para-hydroxylation sites is 1. The van der Waals surface area contributed by atoms with E-state index in [1.54, 1.807) is 0 Å². The Hall–Kier alpha value is -2.17. The van der Waals surface area contributed by atoms with Crippen molar-refractivity contribution in [1.29, 1.82) is 0 Å². The van der Waals surface area contributed by atoms with E-state index in [4.69, 9.17) is 10.5 Å². The molecule has 0 saturated heterocycles. The van der Waals surface area contributed by atoms with Gasteiger partial charge in [0.1, 0.15) is 24.5 Å². The summed E-state index contributed by atoms with van der Waals surface area (Å²) in [7, 11) is 0. The van der Waals surface area contributed by atoms with Gasteiger partial charge in [0.05, 0.1) is 5.92 Å². The number of nitrogens with two attached hydrogens (primary N) is 1. The molecule has 0 saturated carbocycles. The first-order valence-electron chi connectivity index (χ1n) is 5.01. The van der Waals surface area contributed by atoms with Gasteiger partial charge < -0.3 is 10.5 Å². The fourth-order valence-electron chi connectivity index (χ4n) is 1.87. The van der Waals surface area contributed by atoms with Crippen LogP contribution in [0.5, 0.6) is 5.75 Å². The summed E-state index contributed by atoms with van der Waals surface area (Å²) < 4.78 is 5.56. The average Bonchev–Trinajstić information content (AvgIpc) is 2.72. The summed E-state index contributed by atoms with van der Waals surface area (Å²) in [5, 5.41) is 0. The van der Waals surface area contributed by atoms with Crippen molar-refractivity contribution in [3.05, 3.63) is 42.0 Å². The summed E-state index contributed by atoms with van der Waals surface area (Å²) in [6.45, 7) is 0.558. The lowest BCUT2D eigenvalue weighted by Crippen LogP contribution is -2.09. The first kappa shape index (κ1) is 9.08. The van der Waals surface area contributed by atoms with Gasteiger partial charge in [-0.25, -0.2) is 9.97 Å². The van der Waals surface area contributed by atoms with Gasteiger partial charge in [-0.3, -0.25) is 0 Å². The molecule has 0 amide bonds. The second-order valence-corrected chi connectivity index (χ2v) is 3.60. The summed E-state index contributed by atoms with van der Waals surface area (Å²) in [5.41, 5.74) is 6.65. The zero-order valence-corrected chi connectivity index (χ0v) is 8.50. The summed E-state index contributed by atoms with van der Waals surface area (Å²) in [4.78, 5) is 12.0. The zero-order valence-electron chi connectivity index (χ0n) is 8.50. The highest BCUT2D eigenvalue weighted by Crippen LogP contribution is 2.36. The van der Waals surface area contributed by atoms with E-state index in [0.717, 1.165) is 11.3 Å². The van der Waals surface area contributed by atoms with E-state index >= 15 is 0 Å². The molecule has 2 heterocycles. The molecule has 1 atom stereocenters. The van der Waals surface area contributed by atoms with Crippen LogP contribution in [0.15, 0.2) is 30.6 Å². The van der Waals surface area contributed by atoms with Crippen LogP contribution in [0.4, 0.5) is 5.95 Å². The van der Waals surface area contributed by atoms with Crippen LogP contribution >= 0.6 is 0 Å². The Balaban J connectivity index is 2.05. The van der Waals surface area contributed by atoms with Gasteiger partial charge in [-0.1, -0.05) is 18.2 Å². The van der Waals surface area contributed by atoms with Crippen molar-refractivity contribution in [2.45, 2.75) is 5.92 Å². The number of nitrogens with zero attached hydrogens (tertiary/aromatic N) is 3. The molecule has 2 aromatic rings. The van der Waals surface area contributed by atoms with Crippen LogP contribution in [-0.4, -0.2) is 21.6 Å². The molecule has 0 bridgehead atoms.